The van der Waals surface area contributed by atoms with Crippen LogP contribution in [0.2, 0.25) is 18.1 Å². The maximum atomic E-state index is 6.81. The van der Waals surface area contributed by atoms with E-state index in [1.54, 1.807) is 0 Å². The van der Waals surface area contributed by atoms with Gasteiger partial charge in [-0.1, -0.05) is 26.8 Å². The minimum absolute atomic E-state index is 0.260. The molecule has 1 unspecified atom stereocenters. The first-order valence-electron chi connectivity index (χ1n) is 8.91. The van der Waals surface area contributed by atoms with E-state index in [2.05, 4.69) is 57.0 Å². The van der Waals surface area contributed by atoms with Crippen molar-refractivity contribution in [2.45, 2.75) is 64.3 Å². The van der Waals surface area contributed by atoms with Gasteiger partial charge in [0.1, 0.15) is 0 Å². The molecule has 0 N–H and O–H groups in total. The van der Waals surface area contributed by atoms with Crippen molar-refractivity contribution in [3.8, 4) is 0 Å². The Labute approximate surface area is 151 Å². The van der Waals surface area contributed by atoms with Crippen LogP contribution in [0.3, 0.4) is 0 Å². The topological polar surface area (TPSA) is 22.1 Å². The Balaban J connectivity index is 1.76. The number of pyridine rings is 1. The predicted octanol–water partition coefficient (Wildman–Crippen LogP) is 6.21. The Kier molecular flexibility index (Phi) is 5.01. The molecular formula is C20H29NOSSi. The summed E-state index contributed by atoms with van der Waals surface area (Å²) in [5.74, 6) is 0.726. The van der Waals surface area contributed by atoms with Gasteiger partial charge in [0.25, 0.3) is 0 Å². The van der Waals surface area contributed by atoms with Crippen molar-refractivity contribution < 1.29 is 4.43 Å². The first-order chi connectivity index (χ1) is 11.3. The van der Waals surface area contributed by atoms with Gasteiger partial charge in [0.15, 0.2) is 8.32 Å². The molecule has 1 aliphatic rings. The number of hydrogen-bond donors (Lipinski definition) is 0. The molecule has 130 valence electrons. The number of aromatic nitrogens is 1. The molecule has 1 fully saturated rings. The average Bonchev–Trinajstić information content (AvgIpc) is 3.25. The Bertz CT molecular complexity index is 670. The fourth-order valence-corrected chi connectivity index (χ4v) is 5.19. The predicted molar refractivity (Wildman–Crippen MR) is 105 cm³/mol. The lowest BCUT2D eigenvalue weighted by Gasteiger charge is -2.39. The summed E-state index contributed by atoms with van der Waals surface area (Å²) in [5, 5.41) is 0.260. The number of rotatable bonds is 6. The van der Waals surface area contributed by atoms with E-state index < -0.39 is 8.32 Å². The molecule has 1 aliphatic carbocycles. The molecule has 1 atom stereocenters. The molecule has 0 bridgehead atoms. The quantitative estimate of drug-likeness (QED) is 0.572. The molecule has 2 aromatic rings. The van der Waals surface area contributed by atoms with Gasteiger partial charge in [0.05, 0.1) is 6.10 Å². The molecule has 0 aliphatic heterocycles. The molecule has 0 amide bonds. The van der Waals surface area contributed by atoms with Crippen molar-refractivity contribution in [3.63, 3.8) is 0 Å². The Hall–Kier alpha value is -0.973. The minimum Gasteiger partial charge on any atom is -0.409 e. The highest BCUT2D eigenvalue weighted by Gasteiger charge is 2.43. The van der Waals surface area contributed by atoms with Crippen molar-refractivity contribution in [2.24, 2.45) is 5.92 Å². The van der Waals surface area contributed by atoms with Crippen LogP contribution in [0.25, 0.3) is 0 Å². The van der Waals surface area contributed by atoms with E-state index in [-0.39, 0.29) is 5.04 Å². The molecular weight excluding hydrogens is 330 g/mol. The third-order valence-electron chi connectivity index (χ3n) is 5.34. The van der Waals surface area contributed by atoms with Crippen LogP contribution in [-0.4, -0.2) is 13.3 Å². The molecule has 3 rings (SSSR count). The van der Waals surface area contributed by atoms with Gasteiger partial charge in [-0.25, -0.2) is 0 Å². The van der Waals surface area contributed by atoms with Gasteiger partial charge < -0.3 is 4.43 Å². The Morgan fingerprint density at radius 2 is 2.00 bits per heavy atom. The highest BCUT2D eigenvalue weighted by Crippen LogP contribution is 2.49. The standard InChI is InChI=1S/C20H29NOSSi/c1-20(2,3)24(4,5)22-19(16-8-9-16)18-11-10-17(23-18)13-15-7-6-12-21-14-15/h6-7,10-12,14,16,19H,8-9,13H2,1-5H3. The summed E-state index contributed by atoms with van der Waals surface area (Å²) < 4.78 is 6.81. The van der Waals surface area contributed by atoms with Crippen molar-refractivity contribution in [1.29, 1.82) is 0 Å². The highest BCUT2D eigenvalue weighted by atomic mass is 32.1. The van der Waals surface area contributed by atoms with E-state index in [4.69, 9.17) is 4.43 Å². The minimum atomic E-state index is -1.74. The van der Waals surface area contributed by atoms with Crippen LogP contribution in [0, 0.1) is 5.92 Å². The summed E-state index contributed by atoms with van der Waals surface area (Å²) in [6.45, 7) is 11.7. The number of thiophene rings is 1. The average molecular weight is 360 g/mol. The lowest BCUT2D eigenvalue weighted by atomic mass is 10.2. The van der Waals surface area contributed by atoms with Gasteiger partial charge in [0, 0.05) is 28.6 Å². The summed E-state index contributed by atoms with van der Waals surface area (Å²) >= 11 is 1.92. The SMILES string of the molecule is CC(C)(C)[Si](C)(C)OC(c1ccc(Cc2cccnc2)s1)C1CC1. The fourth-order valence-electron chi connectivity index (χ4n) is 2.63. The van der Waals surface area contributed by atoms with Crippen molar-refractivity contribution in [2.75, 3.05) is 0 Å². The maximum Gasteiger partial charge on any atom is 0.192 e. The van der Waals surface area contributed by atoms with Crippen LogP contribution in [-0.2, 0) is 10.8 Å². The molecule has 2 heterocycles. The molecule has 4 heteroatoms. The third kappa shape index (κ3) is 4.16. The monoisotopic (exact) mass is 359 g/mol. The second-order valence-electron chi connectivity index (χ2n) is 8.48. The van der Waals surface area contributed by atoms with Crippen LogP contribution in [0.15, 0.2) is 36.7 Å². The molecule has 24 heavy (non-hydrogen) atoms. The van der Waals surface area contributed by atoms with E-state index in [0.717, 1.165) is 12.3 Å². The summed E-state index contributed by atoms with van der Waals surface area (Å²) in [6.07, 6.45) is 7.70. The van der Waals surface area contributed by atoms with Crippen LogP contribution >= 0.6 is 11.3 Å². The second-order valence-corrected chi connectivity index (χ2v) is 14.4. The van der Waals surface area contributed by atoms with Gasteiger partial charge in [-0.15, -0.1) is 11.3 Å². The smallest absolute Gasteiger partial charge is 0.192 e. The molecule has 2 aromatic heterocycles. The Morgan fingerprint density at radius 3 is 2.58 bits per heavy atom. The van der Waals surface area contributed by atoms with E-state index in [0.29, 0.717) is 6.10 Å². The van der Waals surface area contributed by atoms with E-state index in [9.17, 15) is 0 Å². The lowest BCUT2D eigenvalue weighted by Crippen LogP contribution is -2.42. The Morgan fingerprint density at radius 1 is 1.25 bits per heavy atom. The molecule has 0 aromatic carbocycles. The highest BCUT2D eigenvalue weighted by molar-refractivity contribution is 7.12. The van der Waals surface area contributed by atoms with E-state index in [1.165, 1.54) is 28.2 Å². The zero-order valence-corrected chi connectivity index (χ0v) is 17.3. The lowest BCUT2D eigenvalue weighted by molar-refractivity contribution is 0.164. The first-order valence-corrected chi connectivity index (χ1v) is 12.6. The molecule has 0 radical (unpaired) electrons. The van der Waals surface area contributed by atoms with Crippen molar-refractivity contribution in [3.05, 3.63) is 52.0 Å². The third-order valence-corrected chi connectivity index (χ3v) is 10.9. The second kappa shape index (κ2) is 6.73. The van der Waals surface area contributed by atoms with Gasteiger partial charge in [0.2, 0.25) is 0 Å². The maximum absolute atomic E-state index is 6.81. The summed E-state index contributed by atoms with van der Waals surface area (Å²) in [5.41, 5.74) is 1.28. The normalized spacial score (nSPS) is 17.0. The van der Waals surface area contributed by atoms with Crippen LogP contribution < -0.4 is 0 Å². The van der Waals surface area contributed by atoms with Crippen LogP contribution in [0.5, 0.6) is 0 Å². The van der Waals surface area contributed by atoms with E-state index in [1.807, 2.05) is 29.8 Å². The zero-order valence-electron chi connectivity index (χ0n) is 15.5. The zero-order chi connectivity index (χ0) is 17.4. The van der Waals surface area contributed by atoms with E-state index >= 15 is 0 Å². The van der Waals surface area contributed by atoms with Crippen molar-refractivity contribution >= 4 is 19.7 Å². The van der Waals surface area contributed by atoms with Gasteiger partial charge in [-0.3, -0.25) is 4.98 Å². The van der Waals surface area contributed by atoms with Crippen molar-refractivity contribution in [1.82, 2.24) is 4.98 Å². The van der Waals surface area contributed by atoms with Gasteiger partial charge in [-0.2, -0.15) is 0 Å². The summed E-state index contributed by atoms with van der Waals surface area (Å²) in [7, 11) is -1.74. The molecule has 0 spiro atoms. The first kappa shape index (κ1) is 17.8. The largest absolute Gasteiger partial charge is 0.409 e. The van der Waals surface area contributed by atoms with Gasteiger partial charge >= 0.3 is 0 Å². The van der Waals surface area contributed by atoms with Crippen LogP contribution in [0.1, 0.15) is 55.0 Å². The van der Waals surface area contributed by atoms with Gasteiger partial charge in [-0.05, 0) is 60.7 Å². The fraction of sp³-hybridized carbons (Fsp3) is 0.550. The molecule has 1 saturated carbocycles. The van der Waals surface area contributed by atoms with Crippen LogP contribution in [0.4, 0.5) is 0 Å². The number of hydrogen-bond acceptors (Lipinski definition) is 3. The molecule has 0 saturated heterocycles. The molecule has 2 nitrogen and oxygen atoms in total. The number of nitrogens with zero attached hydrogens (tertiary/aromatic N) is 1. The summed E-state index contributed by atoms with van der Waals surface area (Å²) in [4.78, 5) is 7.04. The summed E-state index contributed by atoms with van der Waals surface area (Å²) in [6, 6.07) is 8.73.